The van der Waals surface area contributed by atoms with E-state index >= 15 is 0 Å². The van der Waals surface area contributed by atoms with Crippen molar-refractivity contribution in [3.63, 3.8) is 0 Å². The van der Waals surface area contributed by atoms with E-state index < -0.39 is 17.1 Å². The van der Waals surface area contributed by atoms with Crippen LogP contribution in [-0.2, 0) is 12.0 Å². The summed E-state index contributed by atoms with van der Waals surface area (Å²) in [6, 6.07) is 16.2. The Bertz CT molecular complexity index is 1020. The first-order valence-electron chi connectivity index (χ1n) is 8.19. The molecule has 5 nitrogen and oxygen atoms in total. The van der Waals surface area contributed by atoms with E-state index in [-0.39, 0.29) is 12.1 Å². The Morgan fingerprint density at radius 3 is 2.80 bits per heavy atom. The van der Waals surface area contributed by atoms with Gasteiger partial charge in [0.15, 0.2) is 0 Å². The number of benzene rings is 2. The maximum absolute atomic E-state index is 12.4. The molecule has 2 N–H and O–H groups in total. The van der Waals surface area contributed by atoms with E-state index in [0.717, 1.165) is 17.5 Å². The Hall–Kier alpha value is -2.92. The minimum absolute atomic E-state index is 0.0507. The summed E-state index contributed by atoms with van der Waals surface area (Å²) in [4.78, 5) is 24.5. The lowest BCUT2D eigenvalue weighted by Gasteiger charge is -2.24. The van der Waals surface area contributed by atoms with Crippen LogP contribution in [0.2, 0.25) is 0 Å². The fourth-order valence-corrected chi connectivity index (χ4v) is 3.39. The lowest BCUT2D eigenvalue weighted by Crippen LogP contribution is -2.40. The lowest BCUT2D eigenvalue weighted by atomic mass is 9.96. The Kier molecular flexibility index (Phi) is 3.66. The van der Waals surface area contributed by atoms with E-state index in [9.17, 15) is 14.7 Å². The topological polar surface area (TPSA) is 79.5 Å². The summed E-state index contributed by atoms with van der Waals surface area (Å²) in [6.07, 6.45) is 1.31. The molecule has 0 saturated heterocycles. The van der Waals surface area contributed by atoms with Crippen molar-refractivity contribution in [2.24, 2.45) is 0 Å². The van der Waals surface area contributed by atoms with Crippen molar-refractivity contribution in [1.82, 2.24) is 5.32 Å². The Morgan fingerprint density at radius 1 is 1.16 bits per heavy atom. The van der Waals surface area contributed by atoms with Gasteiger partial charge in [0.05, 0.1) is 6.54 Å². The van der Waals surface area contributed by atoms with Gasteiger partial charge in [-0.15, -0.1) is 0 Å². The van der Waals surface area contributed by atoms with Gasteiger partial charge in [0.2, 0.25) is 0 Å². The van der Waals surface area contributed by atoms with Crippen LogP contribution < -0.4 is 10.9 Å². The third-order valence-corrected chi connectivity index (χ3v) is 4.75. The fourth-order valence-electron chi connectivity index (χ4n) is 3.39. The van der Waals surface area contributed by atoms with Crippen LogP contribution in [0.25, 0.3) is 11.0 Å². The van der Waals surface area contributed by atoms with Gasteiger partial charge in [-0.05, 0) is 36.1 Å². The Morgan fingerprint density at radius 2 is 1.92 bits per heavy atom. The maximum atomic E-state index is 12.4. The van der Waals surface area contributed by atoms with Crippen molar-refractivity contribution >= 4 is 16.9 Å². The molecule has 1 aliphatic carbocycles. The molecule has 3 aromatic rings. The van der Waals surface area contributed by atoms with Crippen LogP contribution in [0.15, 0.2) is 63.8 Å². The molecule has 0 spiro atoms. The summed E-state index contributed by atoms with van der Waals surface area (Å²) in [7, 11) is 0. The summed E-state index contributed by atoms with van der Waals surface area (Å²) in [5.41, 5.74) is 0.504. The van der Waals surface area contributed by atoms with Crippen LogP contribution in [0, 0.1) is 0 Å². The average molecular weight is 335 g/mol. The number of aryl methyl sites for hydroxylation is 1. The number of hydrogen-bond donors (Lipinski definition) is 2. The molecule has 1 heterocycles. The van der Waals surface area contributed by atoms with E-state index in [2.05, 4.69) is 5.32 Å². The zero-order valence-corrected chi connectivity index (χ0v) is 13.5. The summed E-state index contributed by atoms with van der Waals surface area (Å²) >= 11 is 0. The molecule has 0 fully saturated rings. The quantitative estimate of drug-likeness (QED) is 0.720. The number of carbonyl (C=O) groups excluding carboxylic acids is 1. The molecule has 4 rings (SSSR count). The smallest absolute Gasteiger partial charge is 0.349 e. The molecular formula is C20H17NO4. The number of nitrogens with one attached hydrogen (secondary N) is 1. The highest BCUT2D eigenvalue weighted by Gasteiger charge is 2.36. The van der Waals surface area contributed by atoms with E-state index in [1.54, 1.807) is 18.2 Å². The molecule has 0 radical (unpaired) electrons. The van der Waals surface area contributed by atoms with Gasteiger partial charge in [0.1, 0.15) is 16.7 Å². The first-order valence-corrected chi connectivity index (χ1v) is 8.19. The van der Waals surface area contributed by atoms with Crippen LogP contribution in [-0.4, -0.2) is 17.6 Å². The third kappa shape index (κ3) is 2.72. The number of rotatable bonds is 3. The second kappa shape index (κ2) is 5.86. The molecule has 1 aliphatic rings. The van der Waals surface area contributed by atoms with Gasteiger partial charge < -0.3 is 14.8 Å². The Labute approximate surface area is 143 Å². The number of amides is 1. The number of fused-ring (bicyclic) bond motifs is 2. The number of aliphatic hydroxyl groups is 1. The van der Waals surface area contributed by atoms with E-state index in [0.29, 0.717) is 17.4 Å². The minimum atomic E-state index is -1.11. The predicted molar refractivity (Wildman–Crippen MR) is 93.5 cm³/mol. The normalized spacial score (nSPS) is 18.9. The lowest BCUT2D eigenvalue weighted by molar-refractivity contribution is 0.0369. The van der Waals surface area contributed by atoms with Gasteiger partial charge in [0.25, 0.3) is 5.91 Å². The van der Waals surface area contributed by atoms with E-state index in [1.165, 1.54) is 6.07 Å². The molecule has 5 heteroatoms. The number of carbonyl (C=O) groups is 1. The van der Waals surface area contributed by atoms with Gasteiger partial charge in [0, 0.05) is 5.39 Å². The van der Waals surface area contributed by atoms with Crippen LogP contribution in [0.1, 0.15) is 27.9 Å². The van der Waals surface area contributed by atoms with Crippen molar-refractivity contribution in [3.05, 3.63) is 81.7 Å². The summed E-state index contributed by atoms with van der Waals surface area (Å²) in [5.74, 6) is -0.544. The van der Waals surface area contributed by atoms with Crippen LogP contribution in [0.4, 0.5) is 0 Å². The highest BCUT2D eigenvalue weighted by Crippen LogP contribution is 2.36. The zero-order valence-electron chi connectivity index (χ0n) is 13.5. The second-order valence-corrected chi connectivity index (χ2v) is 6.36. The van der Waals surface area contributed by atoms with E-state index in [1.807, 2.05) is 30.3 Å². The van der Waals surface area contributed by atoms with Crippen molar-refractivity contribution < 1.29 is 14.3 Å². The first-order chi connectivity index (χ1) is 12.1. The van der Waals surface area contributed by atoms with Crippen molar-refractivity contribution in [2.45, 2.75) is 18.4 Å². The minimum Gasteiger partial charge on any atom is -0.422 e. The predicted octanol–water partition coefficient (Wildman–Crippen LogP) is 2.36. The summed E-state index contributed by atoms with van der Waals surface area (Å²) in [6.45, 7) is 0.0507. The van der Waals surface area contributed by atoms with Crippen LogP contribution in [0.5, 0.6) is 0 Å². The fraction of sp³-hybridized carbons (Fsp3) is 0.200. The van der Waals surface area contributed by atoms with Gasteiger partial charge in [-0.25, -0.2) is 4.79 Å². The maximum Gasteiger partial charge on any atom is 0.349 e. The van der Waals surface area contributed by atoms with Gasteiger partial charge in [-0.3, -0.25) is 4.79 Å². The van der Waals surface area contributed by atoms with Crippen LogP contribution >= 0.6 is 0 Å². The standard InChI is InChI=1S/C20H17NO4/c22-18(15-11-14-6-2-4-8-17(14)25-19(15)23)21-12-20(24)10-9-13-5-1-3-7-16(13)20/h1-8,11,24H,9-10,12H2,(H,21,22)/t20-/m1/s1. The van der Waals surface area contributed by atoms with Gasteiger partial charge in [-0.2, -0.15) is 0 Å². The third-order valence-electron chi connectivity index (χ3n) is 4.75. The molecule has 1 amide bonds. The monoisotopic (exact) mass is 335 g/mol. The SMILES string of the molecule is O=C(NC[C@]1(O)CCc2ccccc21)c1cc2ccccc2oc1=O. The average Bonchev–Trinajstić information content (AvgIpc) is 2.97. The number of para-hydroxylation sites is 1. The van der Waals surface area contributed by atoms with Gasteiger partial charge in [-0.1, -0.05) is 42.5 Å². The largest absolute Gasteiger partial charge is 0.422 e. The summed E-state index contributed by atoms with van der Waals surface area (Å²) < 4.78 is 5.19. The van der Waals surface area contributed by atoms with Gasteiger partial charge >= 0.3 is 5.63 Å². The molecule has 0 bridgehead atoms. The highest BCUT2D eigenvalue weighted by atomic mass is 16.4. The first kappa shape index (κ1) is 15.6. The van der Waals surface area contributed by atoms with Crippen LogP contribution in [0.3, 0.4) is 0 Å². The molecule has 0 saturated carbocycles. The summed E-state index contributed by atoms with van der Waals surface area (Å²) in [5, 5.41) is 14.2. The molecular weight excluding hydrogens is 318 g/mol. The van der Waals surface area contributed by atoms with Crippen molar-refractivity contribution in [2.75, 3.05) is 6.54 Å². The molecule has 1 aromatic heterocycles. The molecule has 1 atom stereocenters. The van der Waals surface area contributed by atoms with Crippen molar-refractivity contribution in [1.29, 1.82) is 0 Å². The van der Waals surface area contributed by atoms with E-state index in [4.69, 9.17) is 4.42 Å². The second-order valence-electron chi connectivity index (χ2n) is 6.36. The zero-order chi connectivity index (χ0) is 17.4. The molecule has 0 aliphatic heterocycles. The Balaban J connectivity index is 1.57. The highest BCUT2D eigenvalue weighted by molar-refractivity contribution is 5.96. The molecule has 25 heavy (non-hydrogen) atoms. The molecule has 126 valence electrons. The molecule has 0 unspecified atom stereocenters. The number of hydrogen-bond acceptors (Lipinski definition) is 4. The molecule has 2 aromatic carbocycles. The van der Waals surface area contributed by atoms with Crippen molar-refractivity contribution in [3.8, 4) is 0 Å².